The topological polar surface area (TPSA) is 123 Å². The molecule has 1 N–H and O–H groups in total. The first-order valence-electron chi connectivity index (χ1n) is 13.2. The van der Waals surface area contributed by atoms with Crippen molar-refractivity contribution in [2.75, 3.05) is 48.0 Å². The Kier molecular flexibility index (Phi) is 15.2. The number of aromatic carboxylic acids is 1. The van der Waals surface area contributed by atoms with Crippen LogP contribution in [0, 0.1) is 0 Å². The van der Waals surface area contributed by atoms with E-state index in [-0.39, 0.29) is 24.0 Å². The first kappa shape index (κ1) is 34.3. The molecule has 220 valence electrons. The van der Waals surface area contributed by atoms with Crippen LogP contribution in [0.5, 0.6) is 0 Å². The summed E-state index contributed by atoms with van der Waals surface area (Å²) in [5, 5.41) is 9.06. The van der Waals surface area contributed by atoms with Crippen molar-refractivity contribution in [3.63, 3.8) is 0 Å². The number of rotatable bonds is 13. The first-order chi connectivity index (χ1) is 19.0. The normalized spacial score (nSPS) is 10.3. The van der Waals surface area contributed by atoms with E-state index in [1.54, 1.807) is 62.2 Å². The third kappa shape index (κ3) is 10.8. The Morgan fingerprint density at radius 2 is 1.07 bits per heavy atom. The van der Waals surface area contributed by atoms with Gasteiger partial charge in [0.05, 0.1) is 30.9 Å². The fourth-order valence-electron chi connectivity index (χ4n) is 3.90. The predicted octanol–water partition coefficient (Wildman–Crippen LogP) is 4.50. The van der Waals surface area contributed by atoms with Crippen molar-refractivity contribution in [3.8, 4) is 0 Å². The highest BCUT2D eigenvalue weighted by atomic mass is 16.5. The average Bonchev–Trinajstić information content (AvgIpc) is 2.93. The molecule has 10 nitrogen and oxygen atoms in total. The number of hydrogen-bond acceptors (Lipinski definition) is 7. The van der Waals surface area contributed by atoms with Gasteiger partial charge in [-0.1, -0.05) is 13.8 Å². The number of benzene rings is 2. The van der Waals surface area contributed by atoms with Crippen LogP contribution in [0.1, 0.15) is 86.2 Å². The number of carbonyl (C=O) groups is 4. The van der Waals surface area contributed by atoms with E-state index >= 15 is 0 Å². The van der Waals surface area contributed by atoms with Crippen molar-refractivity contribution in [1.29, 1.82) is 0 Å². The first-order valence-corrected chi connectivity index (χ1v) is 13.2. The average molecular weight is 559 g/mol. The van der Waals surface area contributed by atoms with E-state index in [1.807, 2.05) is 13.8 Å². The summed E-state index contributed by atoms with van der Waals surface area (Å²) in [7, 11) is 6.55. The maximum absolute atomic E-state index is 12.4. The van der Waals surface area contributed by atoms with Crippen LogP contribution in [0.15, 0.2) is 36.4 Å². The Morgan fingerprint density at radius 1 is 0.675 bits per heavy atom. The number of carbonyl (C=O) groups excluding carboxylic acids is 3. The number of hydrogen-bond donors (Lipinski definition) is 1. The molecule has 0 spiro atoms. The Bertz CT molecular complexity index is 1150. The SMILES string of the molecule is CCCN(C)C(=O)c1cc(COC)cc(C(=O)O)c1.CCCN(C)C(=O)c1cc(COC)cc(C(=O)OCC)c1. The molecule has 2 rings (SSSR count). The van der Waals surface area contributed by atoms with E-state index < -0.39 is 11.9 Å². The van der Waals surface area contributed by atoms with Crippen LogP contribution in [0.4, 0.5) is 0 Å². The summed E-state index contributed by atoms with van der Waals surface area (Å²) in [6, 6.07) is 9.60. The van der Waals surface area contributed by atoms with Crippen molar-refractivity contribution < 1.29 is 38.5 Å². The molecule has 0 fully saturated rings. The third-order valence-corrected chi connectivity index (χ3v) is 5.67. The molecule has 0 aliphatic carbocycles. The molecule has 0 aliphatic rings. The van der Waals surface area contributed by atoms with E-state index in [0.717, 1.165) is 18.4 Å². The smallest absolute Gasteiger partial charge is 0.338 e. The molecular weight excluding hydrogens is 516 g/mol. The molecule has 2 aromatic carbocycles. The van der Waals surface area contributed by atoms with Crippen LogP contribution in [0.25, 0.3) is 0 Å². The van der Waals surface area contributed by atoms with Gasteiger partial charge >= 0.3 is 11.9 Å². The molecule has 0 aliphatic heterocycles. The lowest BCUT2D eigenvalue weighted by Crippen LogP contribution is -2.27. The number of carboxylic acid groups (broad SMARTS) is 1. The van der Waals surface area contributed by atoms with Gasteiger partial charge in [0.25, 0.3) is 11.8 Å². The minimum absolute atomic E-state index is 0.0998. The molecular formula is C30H42N2O8. The Morgan fingerprint density at radius 3 is 1.45 bits per heavy atom. The van der Waals surface area contributed by atoms with Gasteiger partial charge in [0.1, 0.15) is 0 Å². The summed E-state index contributed by atoms with van der Waals surface area (Å²) in [5.74, 6) is -1.77. The predicted molar refractivity (Wildman–Crippen MR) is 152 cm³/mol. The lowest BCUT2D eigenvalue weighted by atomic mass is 10.0. The second-order valence-corrected chi connectivity index (χ2v) is 9.18. The zero-order valence-corrected chi connectivity index (χ0v) is 24.6. The zero-order chi connectivity index (χ0) is 30.2. The van der Waals surface area contributed by atoms with Crippen LogP contribution in [-0.4, -0.2) is 86.7 Å². The van der Waals surface area contributed by atoms with Gasteiger partial charge in [-0.05, 0) is 67.3 Å². The van der Waals surface area contributed by atoms with Crippen molar-refractivity contribution in [3.05, 3.63) is 69.8 Å². The van der Waals surface area contributed by atoms with Gasteiger partial charge in [0.2, 0.25) is 0 Å². The minimum Gasteiger partial charge on any atom is -0.478 e. The molecule has 2 aromatic rings. The zero-order valence-electron chi connectivity index (χ0n) is 24.6. The van der Waals surface area contributed by atoms with Gasteiger partial charge in [-0.2, -0.15) is 0 Å². The van der Waals surface area contributed by atoms with Crippen molar-refractivity contribution in [1.82, 2.24) is 9.80 Å². The molecule has 0 atom stereocenters. The second kappa shape index (κ2) is 17.8. The molecule has 10 heteroatoms. The Labute approximate surface area is 236 Å². The highest BCUT2D eigenvalue weighted by Gasteiger charge is 2.17. The Hall–Kier alpha value is -3.76. The highest BCUT2D eigenvalue weighted by Crippen LogP contribution is 2.16. The number of ether oxygens (including phenoxy) is 3. The maximum atomic E-state index is 12.4. The van der Waals surface area contributed by atoms with Crippen molar-refractivity contribution in [2.24, 2.45) is 0 Å². The van der Waals surface area contributed by atoms with Gasteiger partial charge in [-0.3, -0.25) is 9.59 Å². The van der Waals surface area contributed by atoms with Crippen LogP contribution in [-0.2, 0) is 27.4 Å². The van der Waals surface area contributed by atoms with Gasteiger partial charge < -0.3 is 29.1 Å². The third-order valence-electron chi connectivity index (χ3n) is 5.67. The summed E-state index contributed by atoms with van der Waals surface area (Å²) >= 11 is 0. The standard InChI is InChI=1S/C16H23NO4.C14H19NO4/c1-5-7-17(3)15(18)13-8-12(11-20-4)9-14(10-13)16(19)21-6-2;1-4-5-15(2)13(16)11-6-10(9-19-3)7-12(8-11)14(17)18/h8-10H,5-7,11H2,1-4H3;6-8H,4-5,9H2,1-3H3,(H,17,18). The molecule has 0 radical (unpaired) electrons. The van der Waals surface area contributed by atoms with Gasteiger partial charge in [0.15, 0.2) is 0 Å². The summed E-state index contributed by atoms with van der Waals surface area (Å²) in [6.07, 6.45) is 1.73. The van der Waals surface area contributed by atoms with E-state index in [4.69, 9.17) is 19.3 Å². The van der Waals surface area contributed by atoms with E-state index in [0.29, 0.717) is 48.6 Å². The molecule has 0 heterocycles. The lowest BCUT2D eigenvalue weighted by Gasteiger charge is -2.17. The van der Waals surface area contributed by atoms with Crippen LogP contribution in [0.2, 0.25) is 0 Å². The van der Waals surface area contributed by atoms with E-state index in [9.17, 15) is 19.2 Å². The van der Waals surface area contributed by atoms with Gasteiger partial charge in [-0.25, -0.2) is 9.59 Å². The summed E-state index contributed by atoms with van der Waals surface area (Å²) in [4.78, 5) is 50.7. The molecule has 2 amide bonds. The number of methoxy groups -OCH3 is 2. The minimum atomic E-state index is -1.05. The highest BCUT2D eigenvalue weighted by molar-refractivity contribution is 5.98. The van der Waals surface area contributed by atoms with Crippen molar-refractivity contribution >= 4 is 23.8 Å². The van der Waals surface area contributed by atoms with Gasteiger partial charge in [-0.15, -0.1) is 0 Å². The fraction of sp³-hybridized carbons (Fsp3) is 0.467. The second-order valence-electron chi connectivity index (χ2n) is 9.18. The van der Waals surface area contributed by atoms with Crippen LogP contribution >= 0.6 is 0 Å². The fourth-order valence-corrected chi connectivity index (χ4v) is 3.90. The monoisotopic (exact) mass is 558 g/mol. The molecule has 0 saturated heterocycles. The number of carboxylic acids is 1. The lowest BCUT2D eigenvalue weighted by molar-refractivity contribution is 0.0525. The van der Waals surface area contributed by atoms with Crippen LogP contribution < -0.4 is 0 Å². The molecule has 0 saturated carbocycles. The summed E-state index contributed by atoms with van der Waals surface area (Å²) < 4.78 is 15.1. The number of amides is 2. The Balaban J connectivity index is 0.000000402. The summed E-state index contributed by atoms with van der Waals surface area (Å²) in [5.41, 5.74) is 2.78. The van der Waals surface area contributed by atoms with Gasteiger partial charge in [0, 0.05) is 52.5 Å². The molecule has 0 aromatic heterocycles. The molecule has 0 unspecified atom stereocenters. The summed E-state index contributed by atoms with van der Waals surface area (Å²) in [6.45, 7) is 7.95. The van der Waals surface area contributed by atoms with Crippen molar-refractivity contribution in [2.45, 2.75) is 46.8 Å². The largest absolute Gasteiger partial charge is 0.478 e. The number of nitrogens with zero attached hydrogens (tertiary/aromatic N) is 2. The van der Waals surface area contributed by atoms with E-state index in [2.05, 4.69) is 0 Å². The quantitative estimate of drug-likeness (QED) is 0.357. The number of esters is 1. The maximum Gasteiger partial charge on any atom is 0.338 e. The van der Waals surface area contributed by atoms with E-state index in [1.165, 1.54) is 19.2 Å². The molecule has 0 bridgehead atoms. The van der Waals surface area contributed by atoms with Crippen LogP contribution in [0.3, 0.4) is 0 Å². The molecule has 40 heavy (non-hydrogen) atoms.